The van der Waals surface area contributed by atoms with Gasteiger partial charge in [0.25, 0.3) is 0 Å². The van der Waals surface area contributed by atoms with Gasteiger partial charge in [0.2, 0.25) is 0 Å². The van der Waals surface area contributed by atoms with Crippen LogP contribution in [0.25, 0.3) is 0 Å². The average Bonchev–Trinajstić information content (AvgIpc) is 2.48. The number of carbonyl (C=O) groups excluding carboxylic acids is 1. The van der Waals surface area contributed by atoms with Crippen LogP contribution in [0.5, 0.6) is 0 Å². The fourth-order valence-electron chi connectivity index (χ4n) is 0.874. The molecule has 0 aliphatic heterocycles. The molecule has 1 fully saturated rings. The van der Waals surface area contributed by atoms with Crippen molar-refractivity contribution in [2.45, 2.75) is 19.3 Å². The maximum atomic E-state index is 10.1. The molecule has 1 aliphatic rings. The monoisotopic (exact) mass is 278 g/mol. The maximum Gasteiger partial charge on any atom is 1.00 e. The van der Waals surface area contributed by atoms with E-state index < -0.39 is 5.97 Å². The molecule has 10 heavy (non-hydrogen) atoms. The zero-order valence-corrected chi connectivity index (χ0v) is 13.3. The smallest absolute Gasteiger partial charge is 0.550 e. The Hall–Kier alpha value is 1.87. The first-order valence-electron chi connectivity index (χ1n) is 2.99. The van der Waals surface area contributed by atoms with Crippen molar-refractivity contribution in [1.29, 1.82) is 0 Å². The molecule has 4 heteroatoms. The molecule has 0 radical (unpaired) electrons. The maximum absolute atomic E-state index is 10.1. The third-order valence-corrected chi connectivity index (χ3v) is 2.48. The minimum absolute atomic E-state index is 0. The van der Waals surface area contributed by atoms with Gasteiger partial charge in [-0.15, -0.1) is 0 Å². The first-order valence-corrected chi connectivity index (χ1v) is 3.62. The van der Waals surface area contributed by atoms with E-state index >= 15 is 0 Å². The predicted molar refractivity (Wildman–Crippen MR) is 35.1 cm³/mol. The standard InChI is InChI=1S/C6H10O2S.Cs/c7-5(8)3-6(4-9)1-2-6;/h9H,1-4H2,(H,7,8);/q;+1/p-1. The number of thiol groups is 1. The molecule has 0 aromatic carbocycles. The quantitative estimate of drug-likeness (QED) is 0.554. The molecule has 1 saturated carbocycles. The molecular weight excluding hydrogens is 269 g/mol. The molecule has 0 heterocycles. The average molecular weight is 278 g/mol. The normalized spacial score (nSPS) is 19.3. The molecule has 0 atom stereocenters. The van der Waals surface area contributed by atoms with Crippen molar-refractivity contribution in [2.75, 3.05) is 5.75 Å². The number of carboxylic acids is 1. The first kappa shape index (κ1) is 11.9. The predicted octanol–water partition coefficient (Wildman–Crippen LogP) is -3.16. The summed E-state index contributed by atoms with van der Waals surface area (Å²) in [7, 11) is 0. The summed E-state index contributed by atoms with van der Waals surface area (Å²) in [5.41, 5.74) is 0.0158. The topological polar surface area (TPSA) is 40.1 Å². The Morgan fingerprint density at radius 3 is 2.20 bits per heavy atom. The van der Waals surface area contributed by atoms with Gasteiger partial charge in [0.1, 0.15) is 0 Å². The van der Waals surface area contributed by atoms with Gasteiger partial charge in [-0.3, -0.25) is 0 Å². The third-order valence-electron chi connectivity index (χ3n) is 1.81. The van der Waals surface area contributed by atoms with E-state index in [9.17, 15) is 9.90 Å². The minimum Gasteiger partial charge on any atom is -0.550 e. The zero-order chi connectivity index (χ0) is 6.91. The Bertz CT molecular complexity index is 134. The van der Waals surface area contributed by atoms with Gasteiger partial charge in [0.15, 0.2) is 0 Å². The SMILES string of the molecule is O=C([O-])CC1(CS)CC1.[Cs+]. The van der Waals surface area contributed by atoms with Gasteiger partial charge in [-0.05, 0) is 30.4 Å². The summed E-state index contributed by atoms with van der Waals surface area (Å²) in [6.45, 7) is 0. The van der Waals surface area contributed by atoms with Crippen LogP contribution in [0.3, 0.4) is 0 Å². The molecule has 2 nitrogen and oxygen atoms in total. The summed E-state index contributed by atoms with van der Waals surface area (Å²) in [6, 6.07) is 0. The van der Waals surface area contributed by atoms with E-state index in [1.165, 1.54) is 0 Å². The molecule has 0 saturated heterocycles. The number of rotatable bonds is 3. The van der Waals surface area contributed by atoms with E-state index in [-0.39, 0.29) is 80.7 Å². The van der Waals surface area contributed by atoms with Crippen LogP contribution in [0.15, 0.2) is 0 Å². The molecule has 1 aliphatic carbocycles. The van der Waals surface area contributed by atoms with Gasteiger partial charge in [-0.1, -0.05) is 0 Å². The van der Waals surface area contributed by atoms with E-state index in [1.54, 1.807) is 0 Å². The fraction of sp³-hybridized carbons (Fsp3) is 0.833. The second kappa shape index (κ2) is 4.79. The van der Waals surface area contributed by atoms with Gasteiger partial charge in [0, 0.05) is 5.97 Å². The number of carboxylic acid groups (broad SMARTS) is 1. The van der Waals surface area contributed by atoms with Crippen LogP contribution in [-0.4, -0.2) is 11.7 Å². The Morgan fingerprint density at radius 1 is 1.60 bits per heavy atom. The van der Waals surface area contributed by atoms with Crippen molar-refractivity contribution < 1.29 is 78.8 Å². The van der Waals surface area contributed by atoms with Gasteiger partial charge in [0.05, 0.1) is 0 Å². The number of carbonyl (C=O) groups is 1. The summed E-state index contributed by atoms with van der Waals surface area (Å²) in [4.78, 5) is 10.1. The molecule has 1 rings (SSSR count). The van der Waals surface area contributed by atoms with Crippen molar-refractivity contribution in [3.8, 4) is 0 Å². The van der Waals surface area contributed by atoms with Crippen LogP contribution in [-0.2, 0) is 4.79 Å². The molecule has 0 aromatic heterocycles. The van der Waals surface area contributed by atoms with E-state index in [0.29, 0.717) is 5.75 Å². The zero-order valence-electron chi connectivity index (χ0n) is 6.09. The summed E-state index contributed by atoms with van der Waals surface area (Å²) in [5, 5.41) is 10.1. The molecule has 0 aromatic rings. The second-order valence-electron chi connectivity index (χ2n) is 2.71. The Morgan fingerprint density at radius 2 is 2.10 bits per heavy atom. The van der Waals surface area contributed by atoms with Gasteiger partial charge in [-0.25, -0.2) is 0 Å². The van der Waals surface area contributed by atoms with Crippen molar-refractivity contribution >= 4 is 18.6 Å². The largest absolute Gasteiger partial charge is 1.00 e. The van der Waals surface area contributed by atoms with Crippen LogP contribution in [0, 0.1) is 5.41 Å². The van der Waals surface area contributed by atoms with Crippen molar-refractivity contribution in [3.05, 3.63) is 0 Å². The van der Waals surface area contributed by atoms with Gasteiger partial charge >= 0.3 is 68.9 Å². The van der Waals surface area contributed by atoms with Crippen molar-refractivity contribution in [2.24, 2.45) is 5.41 Å². The second-order valence-corrected chi connectivity index (χ2v) is 3.02. The Kier molecular flexibility index (Phi) is 5.69. The molecule has 0 unspecified atom stereocenters. The van der Waals surface area contributed by atoms with Gasteiger partial charge in [-0.2, -0.15) is 12.6 Å². The molecule has 0 amide bonds. The summed E-state index contributed by atoms with van der Waals surface area (Å²) in [6.07, 6.45) is 2.20. The Labute approximate surface area is 125 Å². The molecule has 0 N–H and O–H groups in total. The fourth-order valence-corrected chi connectivity index (χ4v) is 1.30. The van der Waals surface area contributed by atoms with Crippen molar-refractivity contribution in [1.82, 2.24) is 0 Å². The molecule has 0 bridgehead atoms. The molecule has 0 spiro atoms. The van der Waals surface area contributed by atoms with Crippen LogP contribution >= 0.6 is 12.6 Å². The molecular formula is C6H9CsO2S. The Balaban J connectivity index is 0.000000810. The number of hydrogen-bond donors (Lipinski definition) is 1. The van der Waals surface area contributed by atoms with Crippen molar-refractivity contribution in [3.63, 3.8) is 0 Å². The summed E-state index contributed by atoms with van der Waals surface area (Å²) < 4.78 is 0. The van der Waals surface area contributed by atoms with E-state index in [2.05, 4.69) is 12.6 Å². The number of hydrogen-bond acceptors (Lipinski definition) is 3. The van der Waals surface area contributed by atoms with Crippen LogP contribution in [0.2, 0.25) is 0 Å². The third kappa shape index (κ3) is 3.51. The van der Waals surface area contributed by atoms with E-state index in [1.807, 2.05) is 0 Å². The molecule has 52 valence electrons. The summed E-state index contributed by atoms with van der Waals surface area (Å²) >= 11 is 4.05. The van der Waals surface area contributed by atoms with Gasteiger partial charge < -0.3 is 9.90 Å². The summed E-state index contributed by atoms with van der Waals surface area (Å²) in [5.74, 6) is -0.261. The van der Waals surface area contributed by atoms with E-state index in [4.69, 9.17) is 0 Å². The number of aliphatic carboxylic acids is 1. The minimum atomic E-state index is -0.943. The van der Waals surface area contributed by atoms with E-state index in [0.717, 1.165) is 12.8 Å². The first-order chi connectivity index (χ1) is 4.18. The van der Waals surface area contributed by atoms with Crippen LogP contribution in [0.1, 0.15) is 19.3 Å². The van der Waals surface area contributed by atoms with Crippen LogP contribution in [0.4, 0.5) is 0 Å². The van der Waals surface area contributed by atoms with Crippen LogP contribution < -0.4 is 74.0 Å².